The third-order valence-electron chi connectivity index (χ3n) is 17.0. The van der Waals surface area contributed by atoms with E-state index in [2.05, 4.69) is 228 Å². The zero-order valence-corrected chi connectivity index (χ0v) is 39.8. The Morgan fingerprint density at radius 1 is 0.271 bits per heavy atom. The number of rotatable bonds is 7. The van der Waals surface area contributed by atoms with Crippen LogP contribution in [0.1, 0.15) is 86.5 Å². The van der Waals surface area contributed by atoms with Gasteiger partial charge in [0.15, 0.2) is 0 Å². The molecule has 2 spiro atoms. The van der Waals surface area contributed by atoms with Gasteiger partial charge in [0.25, 0.3) is 0 Å². The number of nitrogens with zero attached hydrogens (tertiary/aromatic N) is 2. The summed E-state index contributed by atoms with van der Waals surface area (Å²) in [5.41, 5.74) is 21.5. The first-order valence-corrected chi connectivity index (χ1v) is 25.9. The molecule has 4 aliphatic rings. The molecule has 10 aromatic rings. The van der Waals surface area contributed by atoms with Crippen molar-refractivity contribution >= 4 is 55.7 Å². The molecule has 0 N–H and O–H groups in total. The normalized spacial score (nSPS) is 15.9. The average Bonchev–Trinajstić information content (AvgIpc) is 3.84. The second-order valence-corrected chi connectivity index (χ2v) is 20.6. The van der Waals surface area contributed by atoms with Gasteiger partial charge in [-0.15, -0.1) is 0 Å². The summed E-state index contributed by atoms with van der Waals surface area (Å²) < 4.78 is 0. The lowest BCUT2D eigenvalue weighted by molar-refractivity contribution is 0.353. The standard InChI is InChI=1S/C68H56N2/c1-11-40-67(41-12-1)62-23-9-7-21-58(62)60-38-36-55(45-64(60)67)69(56-37-39-61-59-22-8-10-24-63(59)68(65(61)46-56)42-13-2-14-43-68)52-31-26-48(27-32-52)49-28-33-53(34-29-49)70(54-35-30-47-16-3-4-18-51(47)44-54)66-25-15-19-50-17-5-6-20-57(50)66/h3-10,15-39,44-46H,1-2,11-14,40-43H2. The predicted octanol–water partition coefficient (Wildman–Crippen LogP) is 19.1. The van der Waals surface area contributed by atoms with Gasteiger partial charge < -0.3 is 9.80 Å². The van der Waals surface area contributed by atoms with E-state index in [0.717, 1.165) is 11.4 Å². The van der Waals surface area contributed by atoms with Crippen LogP contribution in [0.3, 0.4) is 0 Å². The van der Waals surface area contributed by atoms with E-state index >= 15 is 0 Å². The topological polar surface area (TPSA) is 6.48 Å². The molecule has 2 heteroatoms. The summed E-state index contributed by atoms with van der Waals surface area (Å²) in [4.78, 5) is 4.98. The van der Waals surface area contributed by atoms with E-state index < -0.39 is 0 Å². The van der Waals surface area contributed by atoms with Crippen LogP contribution in [0.25, 0.3) is 54.9 Å². The van der Waals surface area contributed by atoms with Crippen molar-refractivity contribution in [2.45, 2.75) is 75.0 Å². The molecule has 2 saturated carbocycles. The Bertz CT molecular complexity index is 3500. The fourth-order valence-corrected chi connectivity index (χ4v) is 13.8. The Labute approximate surface area is 412 Å². The molecule has 4 aliphatic carbocycles. The minimum absolute atomic E-state index is 0.0745. The molecule has 2 fully saturated rings. The average molecular weight is 901 g/mol. The fourth-order valence-electron chi connectivity index (χ4n) is 13.8. The molecular weight excluding hydrogens is 845 g/mol. The van der Waals surface area contributed by atoms with Gasteiger partial charge in [0.1, 0.15) is 0 Å². The van der Waals surface area contributed by atoms with Crippen molar-refractivity contribution in [1.82, 2.24) is 0 Å². The highest BCUT2D eigenvalue weighted by Crippen LogP contribution is 2.59. The van der Waals surface area contributed by atoms with Crippen LogP contribution in [0.5, 0.6) is 0 Å². The monoisotopic (exact) mass is 900 g/mol. The van der Waals surface area contributed by atoms with Gasteiger partial charge in [0, 0.05) is 44.7 Å². The lowest BCUT2D eigenvalue weighted by atomic mass is 9.67. The Morgan fingerprint density at radius 3 is 1.29 bits per heavy atom. The molecule has 2 nitrogen and oxygen atoms in total. The fraction of sp³-hybridized carbons (Fsp3) is 0.176. The van der Waals surface area contributed by atoms with E-state index in [1.807, 2.05) is 0 Å². The second-order valence-electron chi connectivity index (χ2n) is 20.6. The van der Waals surface area contributed by atoms with E-state index in [1.165, 1.54) is 164 Å². The number of fused-ring (bicyclic) bond motifs is 12. The van der Waals surface area contributed by atoms with Crippen molar-refractivity contribution in [3.8, 4) is 33.4 Å². The van der Waals surface area contributed by atoms with Gasteiger partial charge >= 0.3 is 0 Å². The summed E-state index contributed by atoms with van der Waals surface area (Å²) in [5, 5.41) is 4.93. The van der Waals surface area contributed by atoms with Crippen LogP contribution in [0, 0.1) is 0 Å². The maximum Gasteiger partial charge on any atom is 0.0540 e. The van der Waals surface area contributed by atoms with Gasteiger partial charge in [-0.2, -0.15) is 0 Å². The molecule has 0 aliphatic heterocycles. The number of hydrogen-bond acceptors (Lipinski definition) is 2. The van der Waals surface area contributed by atoms with E-state index in [1.54, 1.807) is 0 Å². The first-order chi connectivity index (χ1) is 34.6. The quantitative estimate of drug-likeness (QED) is 0.157. The lowest BCUT2D eigenvalue weighted by Gasteiger charge is -2.37. The minimum Gasteiger partial charge on any atom is -0.310 e. The van der Waals surface area contributed by atoms with Crippen LogP contribution in [-0.2, 0) is 10.8 Å². The van der Waals surface area contributed by atoms with Gasteiger partial charge in [0.2, 0.25) is 0 Å². The van der Waals surface area contributed by atoms with Crippen molar-refractivity contribution in [1.29, 1.82) is 0 Å². The SMILES string of the molecule is c1ccc2c(c1)-c1ccc(N(c3ccc(-c4ccc(N(c5ccc6ccccc6c5)c5cccc6ccccc56)cc4)cc3)c3ccc4c(c3)C3(CCCCC3)c3ccccc3-4)cc1C21CCCCC1. The largest absolute Gasteiger partial charge is 0.310 e. The Kier molecular flexibility index (Phi) is 9.73. The van der Waals surface area contributed by atoms with Crippen molar-refractivity contribution < 1.29 is 0 Å². The smallest absolute Gasteiger partial charge is 0.0540 e. The summed E-state index contributed by atoms with van der Waals surface area (Å²) in [6, 6.07) is 82.8. The Morgan fingerprint density at radius 2 is 0.700 bits per heavy atom. The van der Waals surface area contributed by atoms with Crippen molar-refractivity contribution in [2.24, 2.45) is 0 Å². The molecule has 0 unspecified atom stereocenters. The van der Waals surface area contributed by atoms with Crippen LogP contribution in [0.2, 0.25) is 0 Å². The van der Waals surface area contributed by atoms with Gasteiger partial charge in [-0.25, -0.2) is 0 Å². The van der Waals surface area contributed by atoms with E-state index in [-0.39, 0.29) is 10.8 Å². The molecule has 0 bridgehead atoms. The summed E-state index contributed by atoms with van der Waals surface area (Å²) in [5.74, 6) is 0. The van der Waals surface area contributed by atoms with Crippen LogP contribution < -0.4 is 9.80 Å². The molecule has 0 amide bonds. The highest BCUT2D eigenvalue weighted by atomic mass is 15.1. The molecule has 0 aromatic heterocycles. The molecule has 70 heavy (non-hydrogen) atoms. The summed E-state index contributed by atoms with van der Waals surface area (Å²) >= 11 is 0. The highest BCUT2D eigenvalue weighted by Gasteiger charge is 2.45. The summed E-state index contributed by atoms with van der Waals surface area (Å²) in [7, 11) is 0. The zero-order valence-electron chi connectivity index (χ0n) is 39.8. The maximum atomic E-state index is 2.59. The number of hydrogen-bond donors (Lipinski definition) is 0. The van der Waals surface area contributed by atoms with Crippen LogP contribution in [-0.4, -0.2) is 0 Å². The Hall–Kier alpha value is -7.68. The minimum atomic E-state index is 0.0745. The van der Waals surface area contributed by atoms with E-state index in [9.17, 15) is 0 Å². The van der Waals surface area contributed by atoms with Crippen LogP contribution in [0.15, 0.2) is 218 Å². The molecule has 0 saturated heterocycles. The van der Waals surface area contributed by atoms with Gasteiger partial charge in [0.05, 0.1) is 5.69 Å². The van der Waals surface area contributed by atoms with Crippen molar-refractivity contribution in [3.63, 3.8) is 0 Å². The third-order valence-corrected chi connectivity index (χ3v) is 17.0. The highest BCUT2D eigenvalue weighted by molar-refractivity contribution is 6.00. The molecule has 10 aromatic carbocycles. The predicted molar refractivity (Wildman–Crippen MR) is 295 cm³/mol. The second kappa shape index (κ2) is 16.5. The summed E-state index contributed by atoms with van der Waals surface area (Å²) in [6.07, 6.45) is 12.6. The van der Waals surface area contributed by atoms with Crippen molar-refractivity contribution in [2.75, 3.05) is 9.80 Å². The van der Waals surface area contributed by atoms with Crippen LogP contribution in [0.4, 0.5) is 34.1 Å². The molecule has 338 valence electrons. The first-order valence-electron chi connectivity index (χ1n) is 25.9. The van der Waals surface area contributed by atoms with Crippen molar-refractivity contribution in [3.05, 3.63) is 241 Å². The van der Waals surface area contributed by atoms with E-state index in [0.29, 0.717) is 0 Å². The maximum absolute atomic E-state index is 2.59. The molecule has 14 rings (SSSR count). The number of benzene rings is 10. The summed E-state index contributed by atoms with van der Waals surface area (Å²) in [6.45, 7) is 0. The molecule has 0 atom stereocenters. The third kappa shape index (κ3) is 6.46. The zero-order chi connectivity index (χ0) is 46.2. The number of anilines is 6. The van der Waals surface area contributed by atoms with E-state index in [4.69, 9.17) is 0 Å². The Balaban J connectivity index is 0.871. The van der Waals surface area contributed by atoms with Crippen LogP contribution >= 0.6 is 0 Å². The van der Waals surface area contributed by atoms with Gasteiger partial charge in [-0.05, 0) is 164 Å². The van der Waals surface area contributed by atoms with Gasteiger partial charge in [-0.3, -0.25) is 0 Å². The molecule has 0 heterocycles. The molecular formula is C68H56N2. The lowest BCUT2D eigenvalue weighted by Crippen LogP contribution is -2.28. The molecule has 0 radical (unpaired) electrons. The first kappa shape index (κ1) is 41.3. The van der Waals surface area contributed by atoms with Gasteiger partial charge in [-0.1, -0.05) is 190 Å².